The number of methoxy groups -OCH3 is 1. The Morgan fingerprint density at radius 1 is 1.37 bits per heavy atom. The molecule has 0 aliphatic heterocycles. The lowest BCUT2D eigenvalue weighted by Crippen LogP contribution is -2.45. The van der Waals surface area contributed by atoms with Crippen LogP contribution in [0, 0.1) is 0 Å². The summed E-state index contributed by atoms with van der Waals surface area (Å²) in [6, 6.07) is 10.3. The van der Waals surface area contributed by atoms with Gasteiger partial charge >= 0.3 is 0 Å². The maximum absolute atomic E-state index is 9.76. The highest BCUT2D eigenvalue weighted by atomic mass is 16.5. The van der Waals surface area contributed by atoms with Crippen molar-refractivity contribution < 1.29 is 9.84 Å². The van der Waals surface area contributed by atoms with Gasteiger partial charge in [-0.2, -0.15) is 0 Å². The SMILES string of the molecule is COCC(O)CN(C)CC(C)(CN)c1ccccc1. The number of likely N-dealkylation sites (N-methyl/N-ethyl adjacent to an activating group) is 1. The van der Waals surface area contributed by atoms with Gasteiger partial charge in [0.1, 0.15) is 0 Å². The fourth-order valence-corrected chi connectivity index (χ4v) is 2.38. The van der Waals surface area contributed by atoms with Gasteiger partial charge in [0, 0.05) is 32.2 Å². The third kappa shape index (κ3) is 4.91. The first-order chi connectivity index (χ1) is 9.01. The van der Waals surface area contributed by atoms with E-state index in [1.54, 1.807) is 7.11 Å². The fraction of sp³-hybridized carbons (Fsp3) is 0.600. The number of rotatable bonds is 8. The molecule has 4 heteroatoms. The van der Waals surface area contributed by atoms with Crippen LogP contribution >= 0.6 is 0 Å². The number of aliphatic hydroxyl groups excluding tert-OH is 1. The largest absolute Gasteiger partial charge is 0.389 e. The average molecular weight is 266 g/mol. The Balaban J connectivity index is 2.65. The summed E-state index contributed by atoms with van der Waals surface area (Å²) in [4.78, 5) is 2.10. The molecule has 4 nitrogen and oxygen atoms in total. The molecule has 0 spiro atoms. The number of hydrogen-bond donors (Lipinski definition) is 2. The van der Waals surface area contributed by atoms with E-state index in [9.17, 15) is 5.11 Å². The minimum absolute atomic E-state index is 0.108. The molecule has 0 radical (unpaired) electrons. The van der Waals surface area contributed by atoms with Crippen LogP contribution < -0.4 is 5.73 Å². The van der Waals surface area contributed by atoms with Gasteiger partial charge in [-0.05, 0) is 12.6 Å². The molecule has 0 aliphatic carbocycles. The quantitative estimate of drug-likeness (QED) is 0.732. The Kier molecular flexibility index (Phi) is 6.45. The van der Waals surface area contributed by atoms with Crippen molar-refractivity contribution in [2.24, 2.45) is 5.73 Å². The van der Waals surface area contributed by atoms with E-state index >= 15 is 0 Å². The van der Waals surface area contributed by atoms with Gasteiger partial charge in [-0.3, -0.25) is 0 Å². The molecule has 1 aromatic rings. The number of nitrogens with zero attached hydrogens (tertiary/aromatic N) is 1. The van der Waals surface area contributed by atoms with E-state index in [-0.39, 0.29) is 5.41 Å². The monoisotopic (exact) mass is 266 g/mol. The molecule has 0 amide bonds. The lowest BCUT2D eigenvalue weighted by molar-refractivity contribution is 0.0395. The summed E-state index contributed by atoms with van der Waals surface area (Å²) >= 11 is 0. The highest BCUT2D eigenvalue weighted by Gasteiger charge is 2.27. The highest BCUT2D eigenvalue weighted by molar-refractivity contribution is 5.25. The molecule has 0 bridgehead atoms. The molecule has 2 unspecified atom stereocenters. The van der Waals surface area contributed by atoms with Crippen LogP contribution in [-0.4, -0.2) is 56.5 Å². The van der Waals surface area contributed by atoms with Crippen LogP contribution in [0.3, 0.4) is 0 Å². The van der Waals surface area contributed by atoms with Gasteiger partial charge < -0.3 is 20.5 Å². The maximum atomic E-state index is 9.76. The Morgan fingerprint density at radius 3 is 2.53 bits per heavy atom. The van der Waals surface area contributed by atoms with Crippen molar-refractivity contribution in [2.75, 3.05) is 40.4 Å². The maximum Gasteiger partial charge on any atom is 0.0899 e. The van der Waals surface area contributed by atoms with Crippen LogP contribution in [0.1, 0.15) is 12.5 Å². The Hall–Kier alpha value is -0.940. The normalized spacial score (nSPS) is 16.3. The molecular weight excluding hydrogens is 240 g/mol. The zero-order valence-corrected chi connectivity index (χ0v) is 12.2. The standard InChI is InChI=1S/C15H26N2O2/c1-15(11-16,13-7-5-4-6-8-13)12-17(2)9-14(18)10-19-3/h4-8,14,18H,9-12,16H2,1-3H3. The smallest absolute Gasteiger partial charge is 0.0899 e. The van der Waals surface area contributed by atoms with Gasteiger partial charge in [0.25, 0.3) is 0 Å². The summed E-state index contributed by atoms with van der Waals surface area (Å²) in [6.07, 6.45) is -0.465. The molecule has 0 aromatic heterocycles. The van der Waals surface area contributed by atoms with Gasteiger partial charge in [-0.25, -0.2) is 0 Å². The molecule has 0 fully saturated rings. The zero-order chi connectivity index (χ0) is 14.3. The van der Waals surface area contributed by atoms with Crippen LogP contribution in [0.5, 0.6) is 0 Å². The predicted octanol–water partition coefficient (Wildman–Crippen LogP) is 0.842. The van der Waals surface area contributed by atoms with Crippen LogP contribution in [0.15, 0.2) is 30.3 Å². The minimum Gasteiger partial charge on any atom is -0.389 e. The minimum atomic E-state index is -0.465. The van der Waals surface area contributed by atoms with Crippen LogP contribution in [-0.2, 0) is 10.2 Å². The van der Waals surface area contributed by atoms with Crippen molar-refractivity contribution in [3.8, 4) is 0 Å². The van der Waals surface area contributed by atoms with Crippen molar-refractivity contribution in [1.29, 1.82) is 0 Å². The topological polar surface area (TPSA) is 58.7 Å². The number of ether oxygens (including phenoxy) is 1. The molecule has 0 aliphatic rings. The Morgan fingerprint density at radius 2 is 2.00 bits per heavy atom. The van der Waals surface area contributed by atoms with Crippen LogP contribution in [0.25, 0.3) is 0 Å². The number of aliphatic hydroxyl groups is 1. The van der Waals surface area contributed by atoms with Gasteiger partial charge in [-0.15, -0.1) is 0 Å². The van der Waals surface area contributed by atoms with Gasteiger partial charge in [-0.1, -0.05) is 37.3 Å². The van der Waals surface area contributed by atoms with Crippen LogP contribution in [0.2, 0.25) is 0 Å². The van der Waals surface area contributed by atoms with E-state index in [0.29, 0.717) is 19.7 Å². The number of nitrogens with two attached hydrogens (primary N) is 1. The second kappa shape index (κ2) is 7.60. The molecular formula is C15H26N2O2. The molecule has 0 heterocycles. The van der Waals surface area contributed by atoms with E-state index in [0.717, 1.165) is 6.54 Å². The number of benzene rings is 1. The van der Waals surface area contributed by atoms with Gasteiger partial charge in [0.05, 0.1) is 12.7 Å². The van der Waals surface area contributed by atoms with Crippen molar-refractivity contribution in [3.05, 3.63) is 35.9 Å². The third-order valence-corrected chi connectivity index (χ3v) is 3.42. The zero-order valence-electron chi connectivity index (χ0n) is 12.2. The molecule has 2 atom stereocenters. The summed E-state index contributed by atoms with van der Waals surface area (Å²) in [6.45, 7) is 4.46. The average Bonchev–Trinajstić information content (AvgIpc) is 2.39. The summed E-state index contributed by atoms with van der Waals surface area (Å²) in [5, 5.41) is 9.76. The summed E-state index contributed by atoms with van der Waals surface area (Å²) in [7, 11) is 3.59. The van der Waals surface area contributed by atoms with Crippen molar-refractivity contribution in [2.45, 2.75) is 18.4 Å². The second-order valence-electron chi connectivity index (χ2n) is 5.44. The lowest BCUT2D eigenvalue weighted by atomic mass is 9.82. The van der Waals surface area contributed by atoms with Crippen molar-refractivity contribution in [1.82, 2.24) is 4.90 Å². The first-order valence-electron chi connectivity index (χ1n) is 6.63. The molecule has 1 rings (SSSR count). The lowest BCUT2D eigenvalue weighted by Gasteiger charge is -2.34. The molecule has 3 N–H and O–H groups in total. The van der Waals surface area contributed by atoms with Gasteiger partial charge in [0.15, 0.2) is 0 Å². The summed E-state index contributed by atoms with van der Waals surface area (Å²) in [5.41, 5.74) is 7.08. The van der Waals surface area contributed by atoms with Crippen molar-refractivity contribution >= 4 is 0 Å². The first kappa shape index (κ1) is 16.1. The van der Waals surface area contributed by atoms with Crippen LogP contribution in [0.4, 0.5) is 0 Å². The fourth-order valence-electron chi connectivity index (χ4n) is 2.38. The highest BCUT2D eigenvalue weighted by Crippen LogP contribution is 2.23. The molecule has 19 heavy (non-hydrogen) atoms. The molecule has 1 aromatic carbocycles. The van der Waals surface area contributed by atoms with E-state index in [4.69, 9.17) is 10.5 Å². The molecule has 0 saturated carbocycles. The third-order valence-electron chi connectivity index (χ3n) is 3.42. The predicted molar refractivity (Wildman–Crippen MR) is 78.2 cm³/mol. The summed E-state index contributed by atoms with van der Waals surface area (Å²) in [5.74, 6) is 0. The van der Waals surface area contributed by atoms with E-state index in [1.807, 2.05) is 25.2 Å². The Bertz CT molecular complexity index is 358. The van der Waals surface area contributed by atoms with E-state index < -0.39 is 6.10 Å². The second-order valence-corrected chi connectivity index (χ2v) is 5.44. The molecule has 0 saturated heterocycles. The van der Waals surface area contributed by atoms with Gasteiger partial charge in [0.2, 0.25) is 0 Å². The van der Waals surface area contributed by atoms with E-state index in [1.165, 1.54) is 5.56 Å². The Labute approximate surface area is 116 Å². The number of hydrogen-bond acceptors (Lipinski definition) is 4. The first-order valence-corrected chi connectivity index (χ1v) is 6.63. The van der Waals surface area contributed by atoms with E-state index in [2.05, 4.69) is 24.0 Å². The summed E-state index contributed by atoms with van der Waals surface area (Å²) < 4.78 is 4.94. The van der Waals surface area contributed by atoms with Crippen molar-refractivity contribution in [3.63, 3.8) is 0 Å². The molecule has 108 valence electrons.